The first-order valence-corrected chi connectivity index (χ1v) is 3.23. The van der Waals surface area contributed by atoms with Crippen molar-refractivity contribution in [3.8, 4) is 0 Å². The maximum Gasteiger partial charge on any atom is 0.348 e. The Labute approximate surface area is 62.7 Å². The first-order chi connectivity index (χ1) is 5.11. The first kappa shape index (κ1) is 8.39. The van der Waals surface area contributed by atoms with Gasteiger partial charge >= 0.3 is 5.97 Å². The third-order valence-corrected chi connectivity index (χ3v) is 1.73. The van der Waals surface area contributed by atoms with Gasteiger partial charge in [0.1, 0.15) is 0 Å². The number of methoxy groups -OCH3 is 1. The van der Waals surface area contributed by atoms with Crippen LogP contribution in [0.4, 0.5) is 8.78 Å². The molecule has 1 saturated heterocycles. The lowest BCUT2D eigenvalue weighted by atomic mass is 10.0. The zero-order chi connectivity index (χ0) is 8.48. The maximum atomic E-state index is 13.2. The van der Waals surface area contributed by atoms with Crippen molar-refractivity contribution >= 4 is 5.97 Å². The molecule has 1 heterocycles. The molecule has 1 rings (SSSR count). The summed E-state index contributed by atoms with van der Waals surface area (Å²) in [6.45, 7) is -0.438. The molecule has 1 aliphatic heterocycles. The van der Waals surface area contributed by atoms with Gasteiger partial charge in [0, 0.05) is 13.1 Å². The minimum atomic E-state index is -2.48. The smallest absolute Gasteiger partial charge is 0.348 e. The Kier molecular flexibility index (Phi) is 2.08. The lowest BCUT2D eigenvalue weighted by molar-refractivity contribution is -0.156. The second-order valence-corrected chi connectivity index (χ2v) is 2.45. The maximum absolute atomic E-state index is 13.2. The van der Waals surface area contributed by atoms with E-state index in [0.29, 0.717) is 0 Å². The van der Waals surface area contributed by atoms with Gasteiger partial charge in [0.05, 0.1) is 7.11 Å². The molecule has 1 fully saturated rings. The van der Waals surface area contributed by atoms with Gasteiger partial charge in [-0.2, -0.15) is 0 Å². The third kappa shape index (κ3) is 1.20. The second-order valence-electron chi connectivity index (χ2n) is 2.45. The van der Waals surface area contributed by atoms with E-state index in [1.807, 2.05) is 0 Å². The summed E-state index contributed by atoms with van der Waals surface area (Å²) in [5.41, 5.74) is -2.48. The van der Waals surface area contributed by atoms with Gasteiger partial charge in [-0.15, -0.1) is 0 Å². The lowest BCUT2D eigenvalue weighted by Gasteiger charge is -2.16. The van der Waals surface area contributed by atoms with Crippen LogP contribution in [0.2, 0.25) is 0 Å². The van der Waals surface area contributed by atoms with Crippen LogP contribution in [0, 0.1) is 0 Å². The minimum Gasteiger partial charge on any atom is -0.467 e. The molecule has 0 radical (unpaired) electrons. The van der Waals surface area contributed by atoms with Gasteiger partial charge in [-0.3, -0.25) is 0 Å². The van der Waals surface area contributed by atoms with Crippen molar-refractivity contribution in [1.82, 2.24) is 5.32 Å². The highest BCUT2D eigenvalue weighted by Gasteiger charge is 2.51. The monoisotopic (exact) mass is 165 g/mol. The molecule has 0 saturated carbocycles. The fraction of sp³-hybridized carbons (Fsp3) is 0.833. The Morgan fingerprint density at radius 2 is 2.45 bits per heavy atom. The van der Waals surface area contributed by atoms with Crippen LogP contribution in [0.25, 0.3) is 0 Å². The van der Waals surface area contributed by atoms with Gasteiger partial charge in [0.15, 0.2) is 6.17 Å². The summed E-state index contributed by atoms with van der Waals surface area (Å²) in [5.74, 6) is -1.14. The van der Waals surface area contributed by atoms with Crippen molar-refractivity contribution in [2.45, 2.75) is 11.8 Å². The molecule has 1 aliphatic rings. The Morgan fingerprint density at radius 1 is 1.82 bits per heavy atom. The zero-order valence-electron chi connectivity index (χ0n) is 6.06. The van der Waals surface area contributed by atoms with Gasteiger partial charge in [-0.25, -0.2) is 13.6 Å². The van der Waals surface area contributed by atoms with E-state index in [2.05, 4.69) is 10.1 Å². The second kappa shape index (κ2) is 2.73. The van der Waals surface area contributed by atoms with Crippen LogP contribution in [0.15, 0.2) is 0 Å². The molecule has 0 aliphatic carbocycles. The molecule has 1 N–H and O–H groups in total. The molecule has 11 heavy (non-hydrogen) atoms. The summed E-state index contributed by atoms with van der Waals surface area (Å²) in [7, 11) is 1.04. The van der Waals surface area contributed by atoms with Crippen molar-refractivity contribution < 1.29 is 18.3 Å². The van der Waals surface area contributed by atoms with E-state index < -0.39 is 17.8 Å². The van der Waals surface area contributed by atoms with Gasteiger partial charge < -0.3 is 10.1 Å². The number of hydrogen-bond acceptors (Lipinski definition) is 3. The predicted octanol–water partition coefficient (Wildman–Crippen LogP) is -0.191. The van der Waals surface area contributed by atoms with Crippen molar-refractivity contribution in [3.05, 3.63) is 0 Å². The van der Waals surface area contributed by atoms with Crippen LogP contribution in [-0.4, -0.2) is 38.0 Å². The van der Waals surface area contributed by atoms with E-state index in [1.165, 1.54) is 0 Å². The normalized spacial score (nSPS) is 37.2. The predicted molar refractivity (Wildman–Crippen MR) is 33.6 cm³/mol. The molecule has 0 spiro atoms. The molecule has 64 valence electrons. The summed E-state index contributed by atoms with van der Waals surface area (Å²) >= 11 is 0. The average molecular weight is 165 g/mol. The number of nitrogens with one attached hydrogen (secondary N) is 1. The van der Waals surface area contributed by atoms with Crippen molar-refractivity contribution in [2.24, 2.45) is 0 Å². The Morgan fingerprint density at radius 3 is 2.82 bits per heavy atom. The van der Waals surface area contributed by atoms with Crippen LogP contribution < -0.4 is 5.32 Å². The van der Waals surface area contributed by atoms with E-state index in [-0.39, 0.29) is 13.1 Å². The molecule has 0 amide bonds. The number of carbonyl (C=O) groups excluding carboxylic acids is 1. The summed E-state index contributed by atoms with van der Waals surface area (Å²) in [6.07, 6.45) is -1.80. The molecule has 0 bridgehead atoms. The fourth-order valence-corrected chi connectivity index (χ4v) is 1.02. The van der Waals surface area contributed by atoms with Gasteiger partial charge in [-0.1, -0.05) is 0 Å². The Hall–Kier alpha value is -0.710. The van der Waals surface area contributed by atoms with E-state index in [4.69, 9.17) is 0 Å². The van der Waals surface area contributed by atoms with Crippen molar-refractivity contribution in [3.63, 3.8) is 0 Å². The van der Waals surface area contributed by atoms with Gasteiger partial charge in [-0.05, 0) is 0 Å². The molecule has 2 atom stereocenters. The molecule has 2 unspecified atom stereocenters. The first-order valence-electron chi connectivity index (χ1n) is 3.23. The summed E-state index contributed by atoms with van der Waals surface area (Å²) in [6, 6.07) is 0. The highest BCUT2D eigenvalue weighted by atomic mass is 19.2. The molecule has 0 aromatic rings. The van der Waals surface area contributed by atoms with Crippen molar-refractivity contribution in [1.29, 1.82) is 0 Å². The molecular weight excluding hydrogens is 156 g/mol. The van der Waals surface area contributed by atoms with Gasteiger partial charge in [0.2, 0.25) is 0 Å². The number of rotatable bonds is 1. The van der Waals surface area contributed by atoms with Crippen molar-refractivity contribution in [2.75, 3.05) is 20.2 Å². The van der Waals surface area contributed by atoms with Gasteiger partial charge in [0.25, 0.3) is 5.67 Å². The number of alkyl halides is 2. The quantitative estimate of drug-likeness (QED) is 0.547. The average Bonchev–Trinajstić information content (AvgIpc) is 2.32. The largest absolute Gasteiger partial charge is 0.467 e. The van der Waals surface area contributed by atoms with Crippen LogP contribution in [-0.2, 0) is 9.53 Å². The summed E-state index contributed by atoms with van der Waals surface area (Å²) in [4.78, 5) is 10.7. The zero-order valence-corrected chi connectivity index (χ0v) is 6.06. The molecule has 0 aromatic carbocycles. The number of hydrogen-bond donors (Lipinski definition) is 1. The SMILES string of the molecule is COC(=O)C1(F)CNCC1F. The molecular formula is C6H9F2NO2. The number of ether oxygens (including phenoxy) is 1. The van der Waals surface area contributed by atoms with Crippen LogP contribution in [0.1, 0.15) is 0 Å². The lowest BCUT2D eigenvalue weighted by Crippen LogP contribution is -2.43. The number of halogens is 2. The standard InChI is InChI=1S/C6H9F2NO2/c1-11-5(10)6(8)3-9-2-4(6)7/h4,9H,2-3H2,1H3. The fourth-order valence-electron chi connectivity index (χ4n) is 1.02. The minimum absolute atomic E-state index is 0.133. The molecule has 0 aromatic heterocycles. The Balaban J connectivity index is 2.72. The van der Waals surface area contributed by atoms with Crippen LogP contribution >= 0.6 is 0 Å². The van der Waals surface area contributed by atoms with E-state index in [0.717, 1.165) is 7.11 Å². The summed E-state index contributed by atoms with van der Waals surface area (Å²) in [5, 5.41) is 2.43. The van der Waals surface area contributed by atoms with Crippen LogP contribution in [0.3, 0.4) is 0 Å². The van der Waals surface area contributed by atoms with Crippen LogP contribution in [0.5, 0.6) is 0 Å². The highest BCUT2D eigenvalue weighted by molar-refractivity contribution is 5.81. The highest BCUT2D eigenvalue weighted by Crippen LogP contribution is 2.24. The molecule has 3 nitrogen and oxygen atoms in total. The summed E-state index contributed by atoms with van der Waals surface area (Å²) < 4.78 is 30.0. The topological polar surface area (TPSA) is 38.3 Å². The van der Waals surface area contributed by atoms with E-state index >= 15 is 0 Å². The Bertz CT molecular complexity index is 176. The van der Waals surface area contributed by atoms with E-state index in [1.54, 1.807) is 0 Å². The number of carbonyl (C=O) groups is 1. The number of esters is 1. The third-order valence-electron chi connectivity index (χ3n) is 1.73. The molecule has 5 heteroatoms. The van der Waals surface area contributed by atoms with E-state index in [9.17, 15) is 13.6 Å².